The molecule has 0 spiro atoms. The van der Waals surface area contributed by atoms with E-state index in [0.29, 0.717) is 12.0 Å². The van der Waals surface area contributed by atoms with Crippen LogP contribution >= 0.6 is 0 Å². The fraction of sp³-hybridized carbons (Fsp3) is 0.300. The minimum atomic E-state index is -1.09. The maximum Gasteiger partial charge on any atom is 0.325 e. The molecule has 0 aliphatic carbocycles. The molecule has 76 valence electrons. The fourth-order valence-corrected chi connectivity index (χ4v) is 1.33. The Hall–Kier alpha value is -1.55. The Kier molecular flexibility index (Phi) is 3.09. The quantitative estimate of drug-likeness (QED) is 0.672. The van der Waals surface area contributed by atoms with E-state index in [0.717, 1.165) is 5.56 Å². The van der Waals surface area contributed by atoms with Crippen LogP contribution in [-0.2, 0) is 11.2 Å². The molecule has 0 amide bonds. The maximum atomic E-state index is 10.7. The number of rotatable bonds is 3. The van der Waals surface area contributed by atoms with Crippen LogP contribution < -0.4 is 5.73 Å². The molecule has 0 saturated carbocycles. The van der Waals surface area contributed by atoms with E-state index in [9.17, 15) is 9.90 Å². The van der Waals surface area contributed by atoms with Gasteiger partial charge in [0.25, 0.3) is 0 Å². The Labute approximate surface area is 82.0 Å². The molecule has 4 N–H and O–H groups in total. The van der Waals surface area contributed by atoms with Gasteiger partial charge in [0, 0.05) is 0 Å². The topological polar surface area (TPSA) is 83.5 Å². The molecule has 0 aliphatic heterocycles. The van der Waals surface area contributed by atoms with Gasteiger partial charge >= 0.3 is 5.97 Å². The average molecular weight is 195 g/mol. The number of hydrogen-bond acceptors (Lipinski definition) is 3. The normalized spacial score (nSPS) is 12.4. The van der Waals surface area contributed by atoms with Gasteiger partial charge in [0.2, 0.25) is 0 Å². The first-order valence-corrected chi connectivity index (χ1v) is 4.36. The lowest BCUT2D eigenvalue weighted by molar-refractivity contribution is -0.138. The molecule has 1 atom stereocenters. The molecule has 1 rings (SSSR count). The predicted octanol–water partition coefficient (Wildman–Crippen LogP) is 1.04. The Balaban J connectivity index is 3.16. The zero-order chi connectivity index (χ0) is 10.7. The van der Waals surface area contributed by atoms with Gasteiger partial charge in [0.15, 0.2) is 0 Å². The molecule has 0 heterocycles. The van der Waals surface area contributed by atoms with Crippen LogP contribution in [0.15, 0.2) is 18.2 Å². The summed E-state index contributed by atoms with van der Waals surface area (Å²) in [6.07, 6.45) is 0.691. The number of benzene rings is 1. The third kappa shape index (κ3) is 2.03. The van der Waals surface area contributed by atoms with Gasteiger partial charge in [0.05, 0.1) is 0 Å². The van der Waals surface area contributed by atoms with Crippen LogP contribution in [0.3, 0.4) is 0 Å². The summed E-state index contributed by atoms with van der Waals surface area (Å²) in [5, 5.41) is 18.0. The van der Waals surface area contributed by atoms with Crippen LogP contribution in [0.4, 0.5) is 0 Å². The van der Waals surface area contributed by atoms with Crippen molar-refractivity contribution in [2.45, 2.75) is 19.4 Å². The van der Waals surface area contributed by atoms with Crippen LogP contribution in [0.2, 0.25) is 0 Å². The predicted molar refractivity (Wildman–Crippen MR) is 52.0 cm³/mol. The number of phenolic OH excluding ortho intramolecular Hbond substituents is 1. The lowest BCUT2D eigenvalue weighted by Gasteiger charge is -2.11. The highest BCUT2D eigenvalue weighted by Crippen LogP contribution is 2.22. The van der Waals surface area contributed by atoms with E-state index in [4.69, 9.17) is 10.8 Å². The van der Waals surface area contributed by atoms with Gasteiger partial charge in [-0.25, -0.2) is 0 Å². The monoisotopic (exact) mass is 195 g/mol. The smallest absolute Gasteiger partial charge is 0.325 e. The van der Waals surface area contributed by atoms with E-state index >= 15 is 0 Å². The van der Waals surface area contributed by atoms with Crippen molar-refractivity contribution < 1.29 is 15.0 Å². The zero-order valence-electron chi connectivity index (χ0n) is 7.90. The Morgan fingerprint density at radius 1 is 1.57 bits per heavy atom. The first-order valence-electron chi connectivity index (χ1n) is 4.36. The van der Waals surface area contributed by atoms with Crippen molar-refractivity contribution in [3.05, 3.63) is 29.3 Å². The number of aryl methyl sites for hydroxylation is 1. The van der Waals surface area contributed by atoms with Crippen molar-refractivity contribution in [2.24, 2.45) is 5.73 Å². The lowest BCUT2D eigenvalue weighted by atomic mass is 9.99. The highest BCUT2D eigenvalue weighted by molar-refractivity contribution is 5.76. The summed E-state index contributed by atoms with van der Waals surface area (Å²) >= 11 is 0. The van der Waals surface area contributed by atoms with Gasteiger partial charge < -0.3 is 15.9 Å². The standard InChI is InChI=1S/C10H13NO3/c1-2-6-3-4-7(12)5-8(6)9(11)10(13)14/h3-5,9,12H,2,11H2,1H3,(H,13,14)/t9-/m1/s1. The average Bonchev–Trinajstić information content (AvgIpc) is 2.16. The van der Waals surface area contributed by atoms with Crippen molar-refractivity contribution >= 4 is 5.97 Å². The van der Waals surface area contributed by atoms with Gasteiger partial charge in [0.1, 0.15) is 11.8 Å². The van der Waals surface area contributed by atoms with Crippen LogP contribution in [0, 0.1) is 0 Å². The first-order chi connectivity index (χ1) is 6.56. The van der Waals surface area contributed by atoms with E-state index in [1.807, 2.05) is 6.92 Å². The molecule has 0 aliphatic rings. The largest absolute Gasteiger partial charge is 0.508 e. The summed E-state index contributed by atoms with van der Waals surface area (Å²) in [5.41, 5.74) is 6.79. The summed E-state index contributed by atoms with van der Waals surface area (Å²) in [7, 11) is 0. The SMILES string of the molecule is CCc1ccc(O)cc1[C@@H](N)C(=O)O. The third-order valence-corrected chi connectivity index (χ3v) is 2.11. The second-order valence-corrected chi connectivity index (χ2v) is 3.05. The number of carboxylic acids is 1. The van der Waals surface area contributed by atoms with Gasteiger partial charge in [-0.2, -0.15) is 0 Å². The summed E-state index contributed by atoms with van der Waals surface area (Å²) in [6, 6.07) is 3.54. The summed E-state index contributed by atoms with van der Waals surface area (Å²) in [5.74, 6) is -1.06. The second kappa shape index (κ2) is 4.11. The van der Waals surface area contributed by atoms with Crippen LogP contribution in [0.25, 0.3) is 0 Å². The van der Waals surface area contributed by atoms with Crippen LogP contribution in [-0.4, -0.2) is 16.2 Å². The number of phenols is 1. The molecule has 1 aromatic rings. The summed E-state index contributed by atoms with van der Waals surface area (Å²) in [6.45, 7) is 1.91. The van der Waals surface area contributed by atoms with E-state index in [1.165, 1.54) is 12.1 Å². The Bertz CT molecular complexity index is 349. The fourth-order valence-electron chi connectivity index (χ4n) is 1.33. The van der Waals surface area contributed by atoms with Crippen LogP contribution in [0.5, 0.6) is 5.75 Å². The molecule has 0 aromatic heterocycles. The minimum Gasteiger partial charge on any atom is -0.508 e. The van der Waals surface area contributed by atoms with Gasteiger partial charge in [-0.05, 0) is 29.7 Å². The molecule has 0 radical (unpaired) electrons. The molecular weight excluding hydrogens is 182 g/mol. The molecular formula is C10H13NO3. The van der Waals surface area contributed by atoms with E-state index in [-0.39, 0.29) is 5.75 Å². The minimum absolute atomic E-state index is 0.0360. The van der Waals surface area contributed by atoms with E-state index in [1.54, 1.807) is 6.07 Å². The molecule has 14 heavy (non-hydrogen) atoms. The van der Waals surface area contributed by atoms with Crippen molar-refractivity contribution in [1.82, 2.24) is 0 Å². The van der Waals surface area contributed by atoms with E-state index < -0.39 is 12.0 Å². The van der Waals surface area contributed by atoms with Crippen molar-refractivity contribution in [3.8, 4) is 5.75 Å². The number of nitrogens with two attached hydrogens (primary N) is 1. The number of carboxylic acid groups (broad SMARTS) is 1. The lowest BCUT2D eigenvalue weighted by Crippen LogP contribution is -2.21. The third-order valence-electron chi connectivity index (χ3n) is 2.11. The summed E-state index contributed by atoms with van der Waals surface area (Å²) in [4.78, 5) is 10.7. The Morgan fingerprint density at radius 3 is 2.71 bits per heavy atom. The zero-order valence-corrected chi connectivity index (χ0v) is 7.90. The van der Waals surface area contributed by atoms with Crippen molar-refractivity contribution in [1.29, 1.82) is 0 Å². The molecule has 1 aromatic carbocycles. The number of hydrogen-bond donors (Lipinski definition) is 3. The maximum absolute atomic E-state index is 10.7. The van der Waals surface area contributed by atoms with Crippen molar-refractivity contribution in [2.75, 3.05) is 0 Å². The molecule has 0 saturated heterocycles. The number of aromatic hydroxyl groups is 1. The molecule has 4 nitrogen and oxygen atoms in total. The number of aliphatic carboxylic acids is 1. The highest BCUT2D eigenvalue weighted by atomic mass is 16.4. The van der Waals surface area contributed by atoms with Gasteiger partial charge in [-0.15, -0.1) is 0 Å². The number of carbonyl (C=O) groups is 1. The first kappa shape index (κ1) is 10.5. The van der Waals surface area contributed by atoms with Gasteiger partial charge in [-0.1, -0.05) is 13.0 Å². The van der Waals surface area contributed by atoms with E-state index in [2.05, 4.69) is 0 Å². The molecule has 0 bridgehead atoms. The highest BCUT2D eigenvalue weighted by Gasteiger charge is 2.17. The van der Waals surface area contributed by atoms with Gasteiger partial charge in [-0.3, -0.25) is 4.79 Å². The molecule has 4 heteroatoms. The second-order valence-electron chi connectivity index (χ2n) is 3.05. The van der Waals surface area contributed by atoms with Crippen molar-refractivity contribution in [3.63, 3.8) is 0 Å². The Morgan fingerprint density at radius 2 is 2.21 bits per heavy atom. The summed E-state index contributed by atoms with van der Waals surface area (Å²) < 4.78 is 0. The molecule has 0 unspecified atom stereocenters. The molecule has 0 fully saturated rings. The van der Waals surface area contributed by atoms with Crippen LogP contribution in [0.1, 0.15) is 24.1 Å².